The molecule has 3 aromatic rings. The number of phenolic OH excluding ortho intramolecular Hbond substituents is 1. The number of fused-ring (bicyclic) bond motifs is 1. The SMILES string of the molecule is CC(C)C[C@@H]1NC(=O)[C@H](CCCNc2ccc([N+](=O)[O-])cc2[N+](=O)[O-])NC(=O)[C@H](C(C)C)NC(=O)[C@@H](Cc2ccc(O)cc2)NC(=O)[C@@H]2CCCN2C(=O)[C@H](Cc2ccccc2)NC1=O. The number of amides is 6. The van der Waals surface area contributed by atoms with E-state index in [1.807, 2.05) is 19.9 Å². The van der Waals surface area contributed by atoms with Gasteiger partial charge in [-0.2, -0.15) is 0 Å². The zero-order valence-electron chi connectivity index (χ0n) is 36.8. The summed E-state index contributed by atoms with van der Waals surface area (Å²) in [5, 5.41) is 49.7. The maximum atomic E-state index is 14.6. The van der Waals surface area contributed by atoms with Gasteiger partial charge in [0.05, 0.1) is 15.9 Å². The number of nitrogens with zero attached hydrogens (tertiary/aromatic N) is 3. The molecule has 65 heavy (non-hydrogen) atoms. The Labute approximate surface area is 376 Å². The van der Waals surface area contributed by atoms with Crippen LogP contribution in [0.3, 0.4) is 0 Å². The van der Waals surface area contributed by atoms with Gasteiger partial charge in [-0.25, -0.2) is 0 Å². The molecule has 0 aliphatic carbocycles. The van der Waals surface area contributed by atoms with E-state index in [1.165, 1.54) is 23.1 Å². The van der Waals surface area contributed by atoms with E-state index in [9.17, 15) is 54.1 Å². The molecule has 3 aromatic carbocycles. The van der Waals surface area contributed by atoms with Gasteiger partial charge in [0, 0.05) is 32.0 Å². The normalized spacial score (nSPS) is 22.5. The van der Waals surface area contributed by atoms with Crippen molar-refractivity contribution in [3.05, 3.63) is 104 Å². The summed E-state index contributed by atoms with van der Waals surface area (Å²) in [4.78, 5) is 109. The standard InChI is InChI=1S/C45H57N9O11/c1-26(2)22-34-41(57)50-36(24-28-10-6-5-7-11-28)45(61)52-21-9-13-37(52)43(59)49-35(23-29-14-17-31(55)18-15-29)42(58)51-39(27(3)4)44(60)47-33(40(56)48-34)12-8-20-46-32-19-16-30(53(62)63)25-38(32)54(64)65/h5-7,10-11,14-19,25-27,33-37,39,46,55H,8-9,12-13,20-24H2,1-4H3,(H,47,60)(H,48,56)(H,49,59)(H,50,57)(H,51,58)/t33-,34-,35+,36-,37-,39-/m0/s1. The highest BCUT2D eigenvalue weighted by molar-refractivity contribution is 5.98. The number of carbonyl (C=O) groups excluding carboxylic acids is 6. The molecule has 6 atom stereocenters. The molecule has 2 fully saturated rings. The summed E-state index contributed by atoms with van der Waals surface area (Å²) in [5.41, 5.74) is 0.267. The highest BCUT2D eigenvalue weighted by Gasteiger charge is 2.41. The third-order valence-electron chi connectivity index (χ3n) is 11.3. The Morgan fingerprint density at radius 2 is 1.31 bits per heavy atom. The number of nitrogens with one attached hydrogen (secondary N) is 6. The summed E-state index contributed by atoms with van der Waals surface area (Å²) >= 11 is 0. The molecule has 2 aliphatic heterocycles. The number of non-ortho nitro benzene ring substituents is 1. The van der Waals surface area contributed by atoms with Gasteiger partial charge >= 0.3 is 0 Å². The predicted molar refractivity (Wildman–Crippen MR) is 238 cm³/mol. The average Bonchev–Trinajstić information content (AvgIpc) is 3.76. The van der Waals surface area contributed by atoms with E-state index in [2.05, 4.69) is 31.9 Å². The summed E-state index contributed by atoms with van der Waals surface area (Å²) in [6.45, 7) is 7.26. The molecule has 0 bridgehead atoms. The van der Waals surface area contributed by atoms with Gasteiger partial charge in [-0.1, -0.05) is 70.2 Å². The van der Waals surface area contributed by atoms with Crippen molar-refractivity contribution in [3.63, 3.8) is 0 Å². The van der Waals surface area contributed by atoms with E-state index >= 15 is 0 Å². The van der Waals surface area contributed by atoms with Crippen LogP contribution in [-0.4, -0.2) is 105 Å². The van der Waals surface area contributed by atoms with E-state index < -0.39 is 98.8 Å². The molecule has 0 spiro atoms. The second-order valence-electron chi connectivity index (χ2n) is 17.1. The number of rotatable bonds is 14. The summed E-state index contributed by atoms with van der Waals surface area (Å²) in [6.07, 6.45) is 0.913. The van der Waals surface area contributed by atoms with Crippen molar-refractivity contribution in [2.75, 3.05) is 18.4 Å². The van der Waals surface area contributed by atoms with Crippen LogP contribution in [0.2, 0.25) is 0 Å². The minimum Gasteiger partial charge on any atom is -0.508 e. The summed E-state index contributed by atoms with van der Waals surface area (Å²) in [7, 11) is 0. The first-order chi connectivity index (χ1) is 30.9. The average molecular weight is 900 g/mol. The second kappa shape index (κ2) is 22.5. The predicted octanol–water partition coefficient (Wildman–Crippen LogP) is 3.02. The van der Waals surface area contributed by atoms with Gasteiger partial charge in [-0.15, -0.1) is 0 Å². The van der Waals surface area contributed by atoms with Crippen LogP contribution in [-0.2, 0) is 41.6 Å². The molecule has 348 valence electrons. The molecule has 6 amide bonds. The molecule has 2 saturated heterocycles. The van der Waals surface area contributed by atoms with Crippen LogP contribution in [0.1, 0.15) is 70.9 Å². The number of nitro groups is 2. The molecule has 2 aliphatic rings. The van der Waals surface area contributed by atoms with E-state index in [4.69, 9.17) is 0 Å². The first kappa shape index (κ1) is 48.9. The maximum Gasteiger partial charge on any atom is 0.299 e. The molecule has 0 radical (unpaired) electrons. The lowest BCUT2D eigenvalue weighted by Gasteiger charge is -2.32. The lowest BCUT2D eigenvalue weighted by Crippen LogP contribution is -2.62. The number of hydrogen-bond donors (Lipinski definition) is 7. The van der Waals surface area contributed by atoms with Crippen LogP contribution < -0.4 is 31.9 Å². The number of nitro benzene ring substituents is 2. The van der Waals surface area contributed by atoms with Crippen molar-refractivity contribution in [1.82, 2.24) is 31.5 Å². The van der Waals surface area contributed by atoms with E-state index in [-0.39, 0.29) is 69.0 Å². The van der Waals surface area contributed by atoms with Gasteiger partial charge in [0.1, 0.15) is 47.7 Å². The third-order valence-corrected chi connectivity index (χ3v) is 11.3. The van der Waals surface area contributed by atoms with E-state index in [0.29, 0.717) is 12.0 Å². The monoisotopic (exact) mass is 899 g/mol. The summed E-state index contributed by atoms with van der Waals surface area (Å²) < 4.78 is 0. The van der Waals surface area contributed by atoms with Crippen molar-refractivity contribution in [1.29, 1.82) is 0 Å². The molecule has 20 nitrogen and oxygen atoms in total. The Hall–Kier alpha value is -7.12. The Kier molecular flexibility index (Phi) is 16.9. The van der Waals surface area contributed by atoms with Crippen LogP contribution in [0.15, 0.2) is 72.8 Å². The number of aromatic hydroxyl groups is 1. The first-order valence-electron chi connectivity index (χ1n) is 21.7. The first-order valence-corrected chi connectivity index (χ1v) is 21.7. The van der Waals surface area contributed by atoms with Crippen molar-refractivity contribution >= 4 is 52.5 Å². The highest BCUT2D eigenvalue weighted by Crippen LogP contribution is 2.29. The maximum absolute atomic E-state index is 14.6. The number of hydrogen-bond acceptors (Lipinski definition) is 12. The second-order valence-corrected chi connectivity index (χ2v) is 17.1. The fraction of sp³-hybridized carbons (Fsp3) is 0.467. The zero-order valence-corrected chi connectivity index (χ0v) is 36.8. The van der Waals surface area contributed by atoms with Crippen molar-refractivity contribution in [2.45, 2.75) is 109 Å². The smallest absolute Gasteiger partial charge is 0.299 e. The Balaban J connectivity index is 1.51. The fourth-order valence-corrected chi connectivity index (χ4v) is 7.93. The molecular formula is C45H57N9O11. The Bertz CT molecular complexity index is 2220. The van der Waals surface area contributed by atoms with Crippen LogP contribution in [0.25, 0.3) is 0 Å². The molecule has 2 heterocycles. The summed E-state index contributed by atoms with van der Waals surface area (Å²) in [6, 6.07) is 11.0. The van der Waals surface area contributed by atoms with E-state index in [1.54, 1.807) is 50.2 Å². The highest BCUT2D eigenvalue weighted by atomic mass is 16.6. The van der Waals surface area contributed by atoms with Gasteiger partial charge < -0.3 is 41.9 Å². The fourth-order valence-electron chi connectivity index (χ4n) is 7.93. The van der Waals surface area contributed by atoms with Gasteiger partial charge in [0.2, 0.25) is 35.4 Å². The lowest BCUT2D eigenvalue weighted by atomic mass is 9.98. The van der Waals surface area contributed by atoms with Gasteiger partial charge in [-0.05, 0) is 73.3 Å². The molecule has 0 aromatic heterocycles. The Morgan fingerprint density at radius 3 is 1.95 bits per heavy atom. The molecule has 5 rings (SSSR count). The summed E-state index contributed by atoms with van der Waals surface area (Å²) in [5.74, 6) is -4.72. The number of benzene rings is 3. The quantitative estimate of drug-likeness (QED) is 0.0699. The van der Waals surface area contributed by atoms with E-state index in [0.717, 1.165) is 17.7 Å². The molecule has 20 heteroatoms. The third kappa shape index (κ3) is 13.4. The minimum atomic E-state index is -1.32. The van der Waals surface area contributed by atoms with Gasteiger partial charge in [-0.3, -0.25) is 49.0 Å². The minimum absolute atomic E-state index is 0.0103. The number of carbonyl (C=O) groups is 6. The lowest BCUT2D eigenvalue weighted by molar-refractivity contribution is -0.393. The van der Waals surface area contributed by atoms with Crippen molar-refractivity contribution < 1.29 is 43.7 Å². The largest absolute Gasteiger partial charge is 0.508 e. The van der Waals surface area contributed by atoms with Crippen molar-refractivity contribution in [3.8, 4) is 5.75 Å². The molecule has 7 N–H and O–H groups in total. The van der Waals surface area contributed by atoms with Gasteiger partial charge in [0.15, 0.2) is 0 Å². The van der Waals surface area contributed by atoms with Crippen LogP contribution in [0.4, 0.5) is 17.1 Å². The zero-order chi connectivity index (χ0) is 47.4. The number of anilines is 1. The molecule has 0 unspecified atom stereocenters. The molecule has 0 saturated carbocycles. The van der Waals surface area contributed by atoms with Gasteiger partial charge in [0.25, 0.3) is 11.4 Å². The van der Waals surface area contributed by atoms with Crippen molar-refractivity contribution in [2.24, 2.45) is 11.8 Å². The van der Waals surface area contributed by atoms with Crippen LogP contribution in [0.5, 0.6) is 5.75 Å². The topological polar surface area (TPSA) is 284 Å². The van der Waals surface area contributed by atoms with Crippen LogP contribution >= 0.6 is 0 Å². The van der Waals surface area contributed by atoms with Crippen LogP contribution in [0, 0.1) is 32.1 Å². The number of phenols is 1. The Morgan fingerprint density at radius 1 is 0.708 bits per heavy atom. The molecular weight excluding hydrogens is 843 g/mol.